The van der Waals surface area contributed by atoms with Crippen molar-refractivity contribution in [2.24, 2.45) is 21.9 Å². The predicted molar refractivity (Wildman–Crippen MR) is 159 cm³/mol. The van der Waals surface area contributed by atoms with Crippen LogP contribution in [-0.4, -0.2) is 61.0 Å². The van der Waals surface area contributed by atoms with Gasteiger partial charge in [-0.2, -0.15) is 10.4 Å². The Morgan fingerprint density at radius 1 is 1.21 bits per heavy atom. The molecule has 11 heteroatoms. The number of piperidine rings is 1. The molecule has 0 bridgehead atoms. The van der Waals surface area contributed by atoms with Crippen LogP contribution in [0.3, 0.4) is 0 Å². The second kappa shape index (κ2) is 11.8. The smallest absolute Gasteiger partial charge is 0.410 e. The van der Waals surface area contributed by atoms with Gasteiger partial charge < -0.3 is 20.2 Å². The molecule has 0 aromatic carbocycles. The number of hydrogen-bond donors (Lipinski definition) is 1. The molecule has 11 nitrogen and oxygen atoms in total. The van der Waals surface area contributed by atoms with Gasteiger partial charge in [-0.1, -0.05) is 6.07 Å². The summed E-state index contributed by atoms with van der Waals surface area (Å²) in [6.45, 7) is 10.1. The largest absolute Gasteiger partial charge is 0.469 e. The van der Waals surface area contributed by atoms with Gasteiger partial charge in [0.25, 0.3) is 0 Å². The van der Waals surface area contributed by atoms with Crippen LogP contribution in [-0.2, 0) is 4.74 Å². The summed E-state index contributed by atoms with van der Waals surface area (Å²) < 4.78 is 13.7. The molecule has 1 aliphatic carbocycles. The van der Waals surface area contributed by atoms with Crippen LogP contribution in [0, 0.1) is 17.2 Å². The lowest BCUT2D eigenvalue weighted by Gasteiger charge is -2.39. The molecule has 3 aromatic rings. The normalized spacial score (nSPS) is 20.7. The molecular formula is C31H38N8O3. The number of nitriles is 1. The van der Waals surface area contributed by atoms with Crippen molar-refractivity contribution < 1.29 is 14.3 Å². The van der Waals surface area contributed by atoms with E-state index in [0.717, 1.165) is 31.4 Å². The first kappa shape index (κ1) is 29.0. The first-order valence-corrected chi connectivity index (χ1v) is 14.4. The molecule has 2 N–H and O–H groups in total. The summed E-state index contributed by atoms with van der Waals surface area (Å²) in [4.78, 5) is 28.7. The van der Waals surface area contributed by atoms with Crippen molar-refractivity contribution in [1.82, 2.24) is 19.3 Å². The van der Waals surface area contributed by atoms with Crippen LogP contribution in [0.5, 0.6) is 5.88 Å². The minimum atomic E-state index is -0.537. The Balaban J connectivity index is 1.41. The molecule has 2 fully saturated rings. The fourth-order valence-corrected chi connectivity index (χ4v) is 5.52. The molecule has 1 saturated carbocycles. The van der Waals surface area contributed by atoms with E-state index < -0.39 is 5.60 Å². The Morgan fingerprint density at radius 2 is 2.00 bits per heavy atom. The van der Waals surface area contributed by atoms with Gasteiger partial charge in [-0.15, -0.1) is 0 Å². The van der Waals surface area contributed by atoms with Crippen LogP contribution in [0.25, 0.3) is 5.65 Å². The van der Waals surface area contributed by atoms with E-state index in [1.165, 1.54) is 6.20 Å². The minimum absolute atomic E-state index is 0.0197. The first-order valence-electron chi connectivity index (χ1n) is 14.4. The number of pyridine rings is 2. The highest BCUT2D eigenvalue weighted by Crippen LogP contribution is 2.40. The molecule has 1 amide bonds. The molecule has 3 atom stereocenters. The summed E-state index contributed by atoms with van der Waals surface area (Å²) in [7, 11) is 0. The number of aromatic nitrogens is 3. The van der Waals surface area contributed by atoms with Gasteiger partial charge in [0.05, 0.1) is 23.6 Å². The van der Waals surface area contributed by atoms with Gasteiger partial charge in [0.1, 0.15) is 34.8 Å². The molecule has 220 valence electrons. The van der Waals surface area contributed by atoms with Crippen molar-refractivity contribution >= 4 is 23.2 Å². The van der Waals surface area contributed by atoms with Crippen molar-refractivity contribution in [1.29, 1.82) is 5.26 Å². The number of amides is 1. The summed E-state index contributed by atoms with van der Waals surface area (Å²) in [5.74, 6) is 6.84. The molecule has 5 rings (SSSR count). The van der Waals surface area contributed by atoms with Gasteiger partial charge in [0.2, 0.25) is 5.88 Å². The quantitative estimate of drug-likeness (QED) is 0.238. The summed E-state index contributed by atoms with van der Waals surface area (Å²) >= 11 is 0. The van der Waals surface area contributed by atoms with E-state index in [1.807, 2.05) is 63.8 Å². The van der Waals surface area contributed by atoms with Crippen LogP contribution in [0.4, 0.5) is 4.79 Å². The SMILES string of the molecule is CC(=NC1CCN(C(=O)OC(C)(C)C)C(C2CC2)C1)/C(=N\N)c1cc(OC(C)c2ccccn2)n2c(C#N)cnc2c1. The van der Waals surface area contributed by atoms with Gasteiger partial charge in [0.15, 0.2) is 0 Å². The topological polar surface area (TPSA) is 143 Å². The number of rotatable bonds is 7. The number of imidazole rings is 1. The zero-order chi connectivity index (χ0) is 30.0. The highest BCUT2D eigenvalue weighted by Gasteiger charge is 2.42. The van der Waals surface area contributed by atoms with Crippen molar-refractivity contribution in [2.75, 3.05) is 6.54 Å². The van der Waals surface area contributed by atoms with Gasteiger partial charge >= 0.3 is 6.09 Å². The zero-order valence-corrected chi connectivity index (χ0v) is 24.8. The molecule has 1 aliphatic heterocycles. The third-order valence-electron chi connectivity index (χ3n) is 7.62. The fraction of sp³-hybridized carbons (Fsp3) is 0.484. The maximum absolute atomic E-state index is 12.9. The summed E-state index contributed by atoms with van der Waals surface area (Å²) in [5.41, 5.74) is 2.96. The monoisotopic (exact) mass is 570 g/mol. The van der Waals surface area contributed by atoms with Crippen LogP contribution < -0.4 is 10.6 Å². The molecule has 42 heavy (non-hydrogen) atoms. The Bertz CT molecular complexity index is 1550. The highest BCUT2D eigenvalue weighted by atomic mass is 16.6. The van der Waals surface area contributed by atoms with Crippen LogP contribution in [0.2, 0.25) is 0 Å². The maximum Gasteiger partial charge on any atom is 0.410 e. The van der Waals surface area contributed by atoms with E-state index >= 15 is 0 Å². The molecule has 3 aromatic heterocycles. The lowest BCUT2D eigenvalue weighted by molar-refractivity contribution is 0.00548. The second-order valence-corrected chi connectivity index (χ2v) is 12.0. The number of ether oxygens (including phenoxy) is 2. The Kier molecular flexibility index (Phi) is 8.16. The van der Waals surface area contributed by atoms with E-state index in [-0.39, 0.29) is 24.3 Å². The summed E-state index contributed by atoms with van der Waals surface area (Å²) in [6.07, 6.45) is 6.30. The van der Waals surface area contributed by atoms with Gasteiger partial charge in [-0.3, -0.25) is 14.4 Å². The van der Waals surface area contributed by atoms with E-state index in [0.29, 0.717) is 46.7 Å². The zero-order valence-electron chi connectivity index (χ0n) is 24.8. The summed E-state index contributed by atoms with van der Waals surface area (Å²) in [6, 6.07) is 11.6. The molecule has 0 radical (unpaired) electrons. The van der Waals surface area contributed by atoms with E-state index in [1.54, 1.807) is 16.7 Å². The number of nitrogens with zero attached hydrogens (tertiary/aromatic N) is 7. The number of nitrogens with two attached hydrogens (primary N) is 1. The van der Waals surface area contributed by atoms with E-state index in [2.05, 4.69) is 21.1 Å². The molecule has 3 unspecified atom stereocenters. The molecule has 4 heterocycles. The Hall–Kier alpha value is -4.46. The van der Waals surface area contributed by atoms with Crippen molar-refractivity contribution in [3.63, 3.8) is 0 Å². The second-order valence-electron chi connectivity index (χ2n) is 12.0. The van der Waals surface area contributed by atoms with Crippen LogP contribution in [0.1, 0.15) is 83.4 Å². The number of hydrogen-bond acceptors (Lipinski definition) is 9. The highest BCUT2D eigenvalue weighted by molar-refractivity contribution is 6.47. The number of hydrazone groups is 1. The summed E-state index contributed by atoms with van der Waals surface area (Å²) in [5, 5.41) is 13.8. The minimum Gasteiger partial charge on any atom is -0.469 e. The number of likely N-dealkylation sites (tertiary alicyclic amines) is 1. The van der Waals surface area contributed by atoms with Crippen LogP contribution in [0.15, 0.2) is 52.8 Å². The van der Waals surface area contributed by atoms with E-state index in [4.69, 9.17) is 20.3 Å². The molecule has 0 spiro atoms. The predicted octanol–water partition coefficient (Wildman–Crippen LogP) is 5.04. The Labute approximate surface area is 246 Å². The third kappa shape index (κ3) is 6.38. The number of carbonyl (C=O) groups excluding carboxylic acids is 1. The van der Waals surface area contributed by atoms with Crippen molar-refractivity contribution in [2.45, 2.75) is 84.1 Å². The maximum atomic E-state index is 12.9. The number of aliphatic imine (C=N–C) groups is 1. The first-order chi connectivity index (χ1) is 20.1. The fourth-order valence-electron chi connectivity index (χ4n) is 5.52. The Morgan fingerprint density at radius 3 is 2.64 bits per heavy atom. The number of fused-ring (bicyclic) bond motifs is 1. The average molecular weight is 571 g/mol. The van der Waals surface area contributed by atoms with Crippen molar-refractivity contribution in [3.05, 3.63) is 59.7 Å². The van der Waals surface area contributed by atoms with Crippen LogP contribution >= 0.6 is 0 Å². The standard InChI is InChI=1S/C31H38N8O3/c1-19(36-23-11-13-38(26(16-23)21-9-10-21)30(40)42-31(3,4)5)29(37-33)22-14-27-35-18-24(17-32)39(27)28(15-22)41-20(2)25-8-6-7-12-34-25/h6-8,12,14-15,18,20-21,23,26H,9-11,13,16,33H2,1-5H3/b36-19?,37-29+. The van der Waals surface area contributed by atoms with E-state index in [9.17, 15) is 10.1 Å². The molecule has 2 aliphatic rings. The lowest BCUT2D eigenvalue weighted by atomic mass is 9.94. The van der Waals surface area contributed by atoms with Gasteiger partial charge in [0, 0.05) is 30.4 Å². The molecule has 1 saturated heterocycles. The third-order valence-corrected chi connectivity index (χ3v) is 7.62. The lowest BCUT2D eigenvalue weighted by Crippen LogP contribution is -2.50. The number of carbonyl (C=O) groups is 1. The average Bonchev–Trinajstić information content (AvgIpc) is 3.72. The van der Waals surface area contributed by atoms with Gasteiger partial charge in [-0.05, 0) is 84.4 Å². The van der Waals surface area contributed by atoms with Crippen molar-refractivity contribution in [3.8, 4) is 11.9 Å². The van der Waals surface area contributed by atoms with Gasteiger partial charge in [-0.25, -0.2) is 9.78 Å². The molecular weight excluding hydrogens is 532 g/mol.